The minimum absolute atomic E-state index is 0.0752. The Morgan fingerprint density at radius 1 is 1.10 bits per heavy atom. The second-order valence-corrected chi connectivity index (χ2v) is 11.9. The molecule has 0 spiro atoms. The van der Waals surface area contributed by atoms with Gasteiger partial charge in [-0.05, 0) is 44.0 Å². The number of hydrogen-bond acceptors (Lipinski definition) is 4. The monoisotopic (exact) mass is 591 g/mol. The SMILES string of the molecule is C[C@H](C(=O)NC1CCCCC1)N(Cc1ccccc1F)C(=O)CN(c1cc(C(F)(F)F)ccc1Cl)S(C)(=O)=O. The minimum Gasteiger partial charge on any atom is -0.352 e. The second-order valence-electron chi connectivity index (χ2n) is 9.57. The molecule has 1 fully saturated rings. The van der Waals surface area contributed by atoms with Crippen LogP contribution in [0.2, 0.25) is 5.02 Å². The zero-order valence-corrected chi connectivity index (χ0v) is 23.0. The van der Waals surface area contributed by atoms with Gasteiger partial charge >= 0.3 is 6.18 Å². The van der Waals surface area contributed by atoms with E-state index in [1.807, 2.05) is 0 Å². The molecule has 1 N–H and O–H groups in total. The molecule has 0 radical (unpaired) electrons. The van der Waals surface area contributed by atoms with Gasteiger partial charge < -0.3 is 10.2 Å². The number of rotatable bonds is 9. The maximum absolute atomic E-state index is 14.5. The molecule has 1 aliphatic rings. The van der Waals surface area contributed by atoms with Crippen LogP contribution in [0.3, 0.4) is 0 Å². The van der Waals surface area contributed by atoms with Crippen LogP contribution in [0.4, 0.5) is 23.2 Å². The zero-order chi connectivity index (χ0) is 29.0. The van der Waals surface area contributed by atoms with Gasteiger partial charge in [-0.25, -0.2) is 12.8 Å². The van der Waals surface area contributed by atoms with E-state index in [0.717, 1.165) is 49.3 Å². The Bertz CT molecular complexity index is 1300. The van der Waals surface area contributed by atoms with Gasteiger partial charge in [0, 0.05) is 18.2 Å². The first-order valence-corrected chi connectivity index (χ1v) is 14.6. The summed E-state index contributed by atoms with van der Waals surface area (Å²) < 4.78 is 80.3. The molecule has 39 heavy (non-hydrogen) atoms. The fourth-order valence-corrected chi connectivity index (χ4v) is 5.56. The molecule has 0 unspecified atom stereocenters. The maximum Gasteiger partial charge on any atom is 0.416 e. The van der Waals surface area contributed by atoms with E-state index >= 15 is 0 Å². The molecule has 1 atom stereocenters. The molecule has 0 aliphatic heterocycles. The number of sulfonamides is 1. The topological polar surface area (TPSA) is 86.8 Å². The standard InChI is InChI=1S/C26H30ClF4N3O4S/c1-17(25(36)32-20-9-4-3-5-10-20)33(15-18-8-6-7-11-22(18)28)24(35)16-34(39(2,37)38)23-14-19(26(29,30)31)12-13-21(23)27/h6-8,11-14,17,20H,3-5,9-10,15-16H2,1-2H3,(H,32,36)/t17-/m1/s1. The summed E-state index contributed by atoms with van der Waals surface area (Å²) in [6.07, 6.45) is 0.410. The van der Waals surface area contributed by atoms with E-state index in [-0.39, 0.29) is 23.2 Å². The molecular weight excluding hydrogens is 562 g/mol. The van der Waals surface area contributed by atoms with Gasteiger partial charge in [-0.3, -0.25) is 13.9 Å². The van der Waals surface area contributed by atoms with Crippen molar-refractivity contribution in [3.8, 4) is 0 Å². The highest BCUT2D eigenvalue weighted by atomic mass is 35.5. The Balaban J connectivity index is 1.96. The summed E-state index contributed by atoms with van der Waals surface area (Å²) in [5.41, 5.74) is -1.63. The largest absolute Gasteiger partial charge is 0.416 e. The fraction of sp³-hybridized carbons (Fsp3) is 0.462. The number of halogens is 5. The van der Waals surface area contributed by atoms with Crippen molar-refractivity contribution < 1.29 is 35.6 Å². The summed E-state index contributed by atoms with van der Waals surface area (Å²) in [6.45, 7) is 0.0903. The summed E-state index contributed by atoms with van der Waals surface area (Å²) in [5, 5.41) is 2.57. The van der Waals surface area contributed by atoms with Crippen molar-refractivity contribution in [2.24, 2.45) is 0 Å². The molecule has 0 aromatic heterocycles. The van der Waals surface area contributed by atoms with Crippen LogP contribution in [0.25, 0.3) is 0 Å². The number of carbonyl (C=O) groups excluding carboxylic acids is 2. The van der Waals surface area contributed by atoms with Gasteiger partial charge in [-0.2, -0.15) is 13.2 Å². The predicted molar refractivity (Wildman–Crippen MR) is 140 cm³/mol. The normalized spacial score (nSPS) is 15.5. The highest BCUT2D eigenvalue weighted by Crippen LogP contribution is 2.36. The lowest BCUT2D eigenvalue weighted by Gasteiger charge is -2.33. The lowest BCUT2D eigenvalue weighted by atomic mass is 9.95. The average Bonchev–Trinajstić information content (AvgIpc) is 2.86. The number of benzene rings is 2. The van der Waals surface area contributed by atoms with Crippen molar-refractivity contribution >= 4 is 39.1 Å². The molecular formula is C26H30ClF4N3O4S. The molecule has 3 rings (SSSR count). The molecule has 214 valence electrons. The van der Waals surface area contributed by atoms with Gasteiger partial charge in [0.15, 0.2) is 0 Å². The number of anilines is 1. The molecule has 0 heterocycles. The van der Waals surface area contributed by atoms with Gasteiger partial charge in [0.1, 0.15) is 18.4 Å². The number of carbonyl (C=O) groups is 2. The summed E-state index contributed by atoms with van der Waals surface area (Å²) >= 11 is 6.07. The third-order valence-corrected chi connectivity index (χ3v) is 8.08. The Hall–Kier alpha value is -2.86. The van der Waals surface area contributed by atoms with Crippen LogP contribution in [0.15, 0.2) is 42.5 Å². The molecule has 2 amide bonds. The van der Waals surface area contributed by atoms with Gasteiger partial charge in [0.2, 0.25) is 21.8 Å². The van der Waals surface area contributed by atoms with Crippen molar-refractivity contribution in [2.75, 3.05) is 17.1 Å². The first kappa shape index (κ1) is 30.7. The van der Waals surface area contributed by atoms with E-state index in [1.165, 1.54) is 25.1 Å². The van der Waals surface area contributed by atoms with Crippen molar-refractivity contribution in [3.63, 3.8) is 0 Å². The third-order valence-electron chi connectivity index (χ3n) is 6.64. The smallest absolute Gasteiger partial charge is 0.352 e. The number of hydrogen-bond donors (Lipinski definition) is 1. The van der Waals surface area contributed by atoms with Crippen molar-refractivity contribution in [3.05, 3.63) is 64.4 Å². The highest BCUT2D eigenvalue weighted by Gasteiger charge is 2.35. The van der Waals surface area contributed by atoms with Gasteiger partial charge in [0.05, 0.1) is 22.5 Å². The van der Waals surface area contributed by atoms with Crippen LogP contribution < -0.4 is 9.62 Å². The van der Waals surface area contributed by atoms with E-state index in [2.05, 4.69) is 5.32 Å². The predicted octanol–water partition coefficient (Wildman–Crippen LogP) is 5.13. The van der Waals surface area contributed by atoms with Crippen LogP contribution in [-0.2, 0) is 32.3 Å². The van der Waals surface area contributed by atoms with Crippen molar-refractivity contribution in [2.45, 2.75) is 63.8 Å². The first-order chi connectivity index (χ1) is 18.2. The summed E-state index contributed by atoms with van der Waals surface area (Å²) in [5.74, 6) is -2.07. The number of alkyl halides is 3. The van der Waals surface area contributed by atoms with Crippen LogP contribution in [0.1, 0.15) is 50.2 Å². The summed E-state index contributed by atoms with van der Waals surface area (Å²) in [6, 6.07) is 6.47. The van der Waals surface area contributed by atoms with Crippen LogP contribution >= 0.6 is 11.6 Å². The van der Waals surface area contributed by atoms with Crippen molar-refractivity contribution in [1.29, 1.82) is 0 Å². The summed E-state index contributed by atoms with van der Waals surface area (Å²) in [4.78, 5) is 27.7. The molecule has 13 heteroatoms. The molecule has 7 nitrogen and oxygen atoms in total. The second kappa shape index (κ2) is 12.5. The molecule has 1 aliphatic carbocycles. The lowest BCUT2D eigenvalue weighted by molar-refractivity contribution is -0.139. The van der Waals surface area contributed by atoms with E-state index in [4.69, 9.17) is 11.6 Å². The Morgan fingerprint density at radius 3 is 2.33 bits per heavy atom. The number of nitrogens with one attached hydrogen (secondary N) is 1. The van der Waals surface area contributed by atoms with Crippen molar-refractivity contribution in [1.82, 2.24) is 10.2 Å². The van der Waals surface area contributed by atoms with Gasteiger partial charge in [0.25, 0.3) is 0 Å². The average molecular weight is 592 g/mol. The lowest BCUT2D eigenvalue weighted by Crippen LogP contribution is -2.53. The Morgan fingerprint density at radius 2 is 1.74 bits per heavy atom. The van der Waals surface area contributed by atoms with Crippen LogP contribution in [-0.4, -0.2) is 50.0 Å². The third kappa shape index (κ3) is 8.07. The number of nitrogens with zero attached hydrogens (tertiary/aromatic N) is 2. The van der Waals surface area contributed by atoms with Crippen LogP contribution in [0.5, 0.6) is 0 Å². The van der Waals surface area contributed by atoms with E-state index in [1.54, 1.807) is 6.07 Å². The van der Waals surface area contributed by atoms with E-state index < -0.39 is 57.7 Å². The van der Waals surface area contributed by atoms with Gasteiger partial charge in [-0.15, -0.1) is 0 Å². The zero-order valence-electron chi connectivity index (χ0n) is 21.5. The Kier molecular flexibility index (Phi) is 9.87. The molecule has 1 saturated carbocycles. The highest BCUT2D eigenvalue weighted by molar-refractivity contribution is 7.92. The number of amides is 2. The minimum atomic E-state index is -4.80. The Labute approximate surface area is 230 Å². The van der Waals surface area contributed by atoms with E-state index in [9.17, 15) is 35.6 Å². The van der Waals surface area contributed by atoms with E-state index in [0.29, 0.717) is 16.4 Å². The molecule has 0 saturated heterocycles. The quantitative estimate of drug-likeness (QED) is 0.410. The molecule has 2 aromatic carbocycles. The molecule has 0 bridgehead atoms. The first-order valence-electron chi connectivity index (χ1n) is 12.4. The summed E-state index contributed by atoms with van der Waals surface area (Å²) in [7, 11) is -4.32. The molecule has 2 aromatic rings. The van der Waals surface area contributed by atoms with Gasteiger partial charge in [-0.1, -0.05) is 49.1 Å². The maximum atomic E-state index is 14.5. The van der Waals surface area contributed by atoms with Crippen LogP contribution in [0, 0.1) is 5.82 Å². The fourth-order valence-electron chi connectivity index (χ4n) is 4.44.